The van der Waals surface area contributed by atoms with Crippen molar-refractivity contribution in [1.29, 1.82) is 0 Å². The van der Waals surface area contributed by atoms with Crippen LogP contribution in [0.25, 0.3) is 0 Å². The molecule has 2 unspecified atom stereocenters. The first-order valence-corrected chi connectivity index (χ1v) is 7.47. The largest absolute Gasteiger partial charge is 0.494 e. The van der Waals surface area contributed by atoms with Crippen molar-refractivity contribution in [3.05, 3.63) is 29.8 Å². The lowest BCUT2D eigenvalue weighted by Crippen LogP contribution is -2.36. The van der Waals surface area contributed by atoms with Crippen molar-refractivity contribution in [2.45, 2.75) is 26.1 Å². The van der Waals surface area contributed by atoms with E-state index in [4.69, 9.17) is 4.74 Å². The Labute approximate surface area is 126 Å². The smallest absolute Gasteiger partial charge is 0.241 e. The fourth-order valence-electron chi connectivity index (χ4n) is 2.51. The number of likely N-dealkylation sites (N-methyl/N-ethyl adjacent to an activating group) is 1. The van der Waals surface area contributed by atoms with Crippen molar-refractivity contribution >= 4 is 5.91 Å². The summed E-state index contributed by atoms with van der Waals surface area (Å²) in [5, 5.41) is 3.36. The number of benzene rings is 1. The Morgan fingerprint density at radius 3 is 2.52 bits per heavy atom. The third-order valence-corrected chi connectivity index (χ3v) is 3.67. The molecule has 2 rings (SSSR count). The lowest BCUT2D eigenvalue weighted by Gasteiger charge is -2.26. The monoisotopic (exact) mass is 291 g/mol. The van der Waals surface area contributed by atoms with Crippen LogP contribution in [0.5, 0.6) is 5.75 Å². The molecule has 0 aliphatic carbocycles. The number of rotatable bonds is 6. The average molecular weight is 291 g/mol. The van der Waals surface area contributed by atoms with Gasteiger partial charge in [-0.2, -0.15) is 0 Å². The summed E-state index contributed by atoms with van der Waals surface area (Å²) in [6.45, 7) is 6.12. The molecular weight excluding hydrogens is 266 g/mol. The van der Waals surface area contributed by atoms with Crippen LogP contribution in [0.15, 0.2) is 24.3 Å². The summed E-state index contributed by atoms with van der Waals surface area (Å²) in [5.74, 6) is 1.02. The molecule has 1 heterocycles. The van der Waals surface area contributed by atoms with E-state index in [1.165, 1.54) is 0 Å². The standard InChI is InChI=1S/C16H25N3O2/c1-5-21-14-8-6-13(7-9-14)15-17-12(2)16(20)19(15)11-10-18(3)4/h6-9,12,15,17H,5,10-11H2,1-4H3. The number of hydrogen-bond acceptors (Lipinski definition) is 4. The van der Waals surface area contributed by atoms with Crippen LogP contribution in [0.3, 0.4) is 0 Å². The van der Waals surface area contributed by atoms with Crippen LogP contribution in [-0.4, -0.2) is 55.5 Å². The predicted molar refractivity (Wildman–Crippen MR) is 83.2 cm³/mol. The summed E-state index contributed by atoms with van der Waals surface area (Å²) in [7, 11) is 4.03. The second kappa shape index (κ2) is 6.91. The highest BCUT2D eigenvalue weighted by molar-refractivity contribution is 5.84. The third-order valence-electron chi connectivity index (χ3n) is 3.67. The molecule has 1 aromatic carbocycles. The maximum Gasteiger partial charge on any atom is 0.241 e. The summed E-state index contributed by atoms with van der Waals surface area (Å²) < 4.78 is 5.46. The van der Waals surface area contributed by atoms with Crippen molar-refractivity contribution in [1.82, 2.24) is 15.1 Å². The van der Waals surface area contributed by atoms with Crippen molar-refractivity contribution in [2.24, 2.45) is 0 Å². The molecule has 0 saturated carbocycles. The van der Waals surface area contributed by atoms with Crippen LogP contribution >= 0.6 is 0 Å². The van der Waals surface area contributed by atoms with Gasteiger partial charge in [-0.15, -0.1) is 0 Å². The minimum Gasteiger partial charge on any atom is -0.494 e. The van der Waals surface area contributed by atoms with Gasteiger partial charge in [0.15, 0.2) is 0 Å². The van der Waals surface area contributed by atoms with Crippen LogP contribution in [0.1, 0.15) is 25.6 Å². The highest BCUT2D eigenvalue weighted by Crippen LogP contribution is 2.26. The zero-order valence-electron chi connectivity index (χ0n) is 13.3. The molecule has 0 spiro atoms. The summed E-state index contributed by atoms with van der Waals surface area (Å²) in [5.41, 5.74) is 1.09. The van der Waals surface area contributed by atoms with E-state index in [2.05, 4.69) is 10.2 Å². The number of nitrogens with zero attached hydrogens (tertiary/aromatic N) is 2. The Hall–Kier alpha value is -1.59. The number of hydrogen-bond donors (Lipinski definition) is 1. The van der Waals surface area contributed by atoms with Crippen LogP contribution in [0.2, 0.25) is 0 Å². The molecule has 1 fully saturated rings. The molecular formula is C16H25N3O2. The molecule has 5 heteroatoms. The average Bonchev–Trinajstić information content (AvgIpc) is 2.74. The topological polar surface area (TPSA) is 44.8 Å². The lowest BCUT2D eigenvalue weighted by atomic mass is 10.1. The van der Waals surface area contributed by atoms with Gasteiger partial charge >= 0.3 is 0 Å². The van der Waals surface area contributed by atoms with Gasteiger partial charge in [0.25, 0.3) is 0 Å². The lowest BCUT2D eigenvalue weighted by molar-refractivity contribution is -0.130. The maximum absolute atomic E-state index is 12.3. The van der Waals surface area contributed by atoms with E-state index < -0.39 is 0 Å². The molecule has 0 aromatic heterocycles. The molecule has 1 aromatic rings. The third kappa shape index (κ3) is 3.74. The van der Waals surface area contributed by atoms with E-state index >= 15 is 0 Å². The molecule has 116 valence electrons. The molecule has 21 heavy (non-hydrogen) atoms. The van der Waals surface area contributed by atoms with Crippen LogP contribution in [0, 0.1) is 0 Å². The molecule has 0 bridgehead atoms. The molecule has 1 saturated heterocycles. The van der Waals surface area contributed by atoms with E-state index in [1.807, 2.05) is 57.1 Å². The first kappa shape index (κ1) is 15.8. The van der Waals surface area contributed by atoms with Crippen LogP contribution in [0.4, 0.5) is 0 Å². The SMILES string of the molecule is CCOc1ccc(C2NC(C)C(=O)N2CCN(C)C)cc1. The zero-order chi connectivity index (χ0) is 15.4. The fraction of sp³-hybridized carbons (Fsp3) is 0.562. The summed E-state index contributed by atoms with van der Waals surface area (Å²) >= 11 is 0. The first-order valence-electron chi connectivity index (χ1n) is 7.47. The second-order valence-electron chi connectivity index (χ2n) is 5.63. The Balaban J connectivity index is 2.13. The van der Waals surface area contributed by atoms with Crippen LogP contribution < -0.4 is 10.1 Å². The fourth-order valence-corrected chi connectivity index (χ4v) is 2.51. The normalized spacial score (nSPS) is 22.1. The van der Waals surface area contributed by atoms with Crippen molar-refractivity contribution in [2.75, 3.05) is 33.8 Å². The van der Waals surface area contributed by atoms with E-state index in [1.54, 1.807) is 0 Å². The maximum atomic E-state index is 12.3. The molecule has 1 aliphatic heterocycles. The molecule has 0 radical (unpaired) electrons. The van der Waals surface area contributed by atoms with Gasteiger partial charge in [-0.05, 0) is 45.6 Å². The van der Waals surface area contributed by atoms with Crippen molar-refractivity contribution in [3.63, 3.8) is 0 Å². The number of ether oxygens (including phenoxy) is 1. The Bertz CT molecular complexity index is 473. The molecule has 1 N–H and O–H groups in total. The summed E-state index contributed by atoms with van der Waals surface area (Å²) in [6, 6.07) is 7.83. The summed E-state index contributed by atoms with van der Waals surface area (Å²) in [4.78, 5) is 16.3. The van der Waals surface area contributed by atoms with Gasteiger partial charge in [-0.3, -0.25) is 10.1 Å². The predicted octanol–water partition coefficient (Wildman–Crippen LogP) is 1.47. The van der Waals surface area contributed by atoms with E-state index in [9.17, 15) is 4.79 Å². The quantitative estimate of drug-likeness (QED) is 0.862. The van der Waals surface area contributed by atoms with Crippen molar-refractivity contribution < 1.29 is 9.53 Å². The number of amides is 1. The van der Waals surface area contributed by atoms with Gasteiger partial charge in [-0.1, -0.05) is 12.1 Å². The van der Waals surface area contributed by atoms with E-state index in [-0.39, 0.29) is 18.1 Å². The van der Waals surface area contributed by atoms with E-state index in [0.29, 0.717) is 6.61 Å². The van der Waals surface area contributed by atoms with Crippen LogP contribution in [-0.2, 0) is 4.79 Å². The van der Waals surface area contributed by atoms with Gasteiger partial charge in [-0.25, -0.2) is 0 Å². The Kier molecular flexibility index (Phi) is 5.20. The minimum atomic E-state index is -0.135. The van der Waals surface area contributed by atoms with Gasteiger partial charge < -0.3 is 14.5 Å². The first-order chi connectivity index (χ1) is 10.0. The minimum absolute atomic E-state index is 0.0527. The highest BCUT2D eigenvalue weighted by Gasteiger charge is 2.36. The molecule has 1 aliphatic rings. The molecule has 2 atom stereocenters. The van der Waals surface area contributed by atoms with E-state index in [0.717, 1.165) is 24.4 Å². The van der Waals surface area contributed by atoms with Gasteiger partial charge in [0.1, 0.15) is 11.9 Å². The Morgan fingerprint density at radius 1 is 1.29 bits per heavy atom. The van der Waals surface area contributed by atoms with Gasteiger partial charge in [0.05, 0.1) is 12.6 Å². The zero-order valence-corrected chi connectivity index (χ0v) is 13.3. The second-order valence-corrected chi connectivity index (χ2v) is 5.63. The van der Waals surface area contributed by atoms with Crippen molar-refractivity contribution in [3.8, 4) is 5.75 Å². The Morgan fingerprint density at radius 2 is 1.95 bits per heavy atom. The molecule has 1 amide bonds. The number of carbonyl (C=O) groups excluding carboxylic acids is 1. The highest BCUT2D eigenvalue weighted by atomic mass is 16.5. The summed E-state index contributed by atoms with van der Waals surface area (Å²) in [6.07, 6.45) is -0.0527. The number of carbonyl (C=O) groups is 1. The molecule has 5 nitrogen and oxygen atoms in total. The number of nitrogens with one attached hydrogen (secondary N) is 1. The van der Waals surface area contributed by atoms with Gasteiger partial charge in [0.2, 0.25) is 5.91 Å². The van der Waals surface area contributed by atoms with Gasteiger partial charge in [0, 0.05) is 13.1 Å².